The third-order valence-corrected chi connectivity index (χ3v) is 5.88. The third-order valence-electron chi connectivity index (χ3n) is 4.51. The lowest BCUT2D eigenvalue weighted by molar-refractivity contribution is 0.681. The Balaban J connectivity index is 0.00000280. The second-order valence-electron chi connectivity index (χ2n) is 6.35. The highest BCUT2D eigenvalue weighted by molar-refractivity contribution is 14.0. The first-order valence-corrected chi connectivity index (χ1v) is 10.4. The molecule has 0 aliphatic carbocycles. The zero-order valence-corrected chi connectivity index (χ0v) is 19.3. The molecule has 0 fully saturated rings. The molecule has 2 aromatic carbocycles. The van der Waals surface area contributed by atoms with Crippen LogP contribution in [0.3, 0.4) is 0 Å². The van der Waals surface area contributed by atoms with Crippen LogP contribution in [0, 0.1) is 6.92 Å². The molecule has 3 rings (SSSR count). The molecule has 0 saturated heterocycles. The van der Waals surface area contributed by atoms with Gasteiger partial charge in [0.15, 0.2) is 5.96 Å². The Morgan fingerprint density at radius 1 is 1.07 bits per heavy atom. The van der Waals surface area contributed by atoms with Crippen LogP contribution in [0.5, 0.6) is 0 Å². The van der Waals surface area contributed by atoms with Gasteiger partial charge in [-0.2, -0.15) is 0 Å². The molecular weight excluding hydrogens is 483 g/mol. The maximum atomic E-state index is 12.2. The van der Waals surface area contributed by atoms with Crippen LogP contribution in [-0.4, -0.2) is 41.0 Å². The standard InChI is InChI=1S/C21H26N4OS.HI/c1-16-7-6-10-19-17(15-25-20(16)19)11-12-23-21(22-2)24-13-14-27(26)18-8-4-3-5-9-18;/h3-10,15,25H,11-14H2,1-2H3,(H2,22,23,24);1H. The van der Waals surface area contributed by atoms with E-state index in [4.69, 9.17) is 0 Å². The first-order valence-electron chi connectivity index (χ1n) is 9.12. The van der Waals surface area contributed by atoms with Crippen molar-refractivity contribution in [3.05, 3.63) is 65.9 Å². The van der Waals surface area contributed by atoms with Gasteiger partial charge in [0.25, 0.3) is 0 Å². The number of hydrogen-bond acceptors (Lipinski definition) is 2. The lowest BCUT2D eigenvalue weighted by Crippen LogP contribution is -2.40. The Bertz CT molecular complexity index is 940. The quantitative estimate of drug-likeness (QED) is 0.259. The Labute approximate surface area is 185 Å². The van der Waals surface area contributed by atoms with E-state index in [0.29, 0.717) is 12.3 Å². The summed E-state index contributed by atoms with van der Waals surface area (Å²) in [7, 11) is 0.749. The molecule has 150 valence electrons. The second kappa shape index (κ2) is 11.2. The highest BCUT2D eigenvalue weighted by atomic mass is 127. The van der Waals surface area contributed by atoms with Crippen molar-refractivity contribution in [1.29, 1.82) is 0 Å². The summed E-state index contributed by atoms with van der Waals surface area (Å²) in [5.41, 5.74) is 3.76. The van der Waals surface area contributed by atoms with Crippen LogP contribution in [-0.2, 0) is 17.2 Å². The third kappa shape index (κ3) is 5.81. The van der Waals surface area contributed by atoms with E-state index in [1.54, 1.807) is 7.05 Å². The molecule has 1 unspecified atom stereocenters. The van der Waals surface area contributed by atoms with Crippen LogP contribution in [0.25, 0.3) is 10.9 Å². The lowest BCUT2D eigenvalue weighted by atomic mass is 10.1. The van der Waals surface area contributed by atoms with Crippen LogP contribution in [0.4, 0.5) is 0 Å². The summed E-state index contributed by atoms with van der Waals surface area (Å²) in [5.74, 6) is 1.28. The normalized spacial score (nSPS) is 12.4. The van der Waals surface area contributed by atoms with E-state index >= 15 is 0 Å². The number of nitrogens with zero attached hydrogens (tertiary/aromatic N) is 1. The van der Waals surface area contributed by atoms with Crippen LogP contribution in [0.2, 0.25) is 0 Å². The van der Waals surface area contributed by atoms with Gasteiger partial charge in [-0.25, -0.2) is 0 Å². The zero-order valence-electron chi connectivity index (χ0n) is 16.2. The molecule has 3 aromatic rings. The molecule has 0 bridgehead atoms. The number of para-hydroxylation sites is 1. The number of aliphatic imine (C=N–C) groups is 1. The molecule has 3 N–H and O–H groups in total. The van der Waals surface area contributed by atoms with Gasteiger partial charge in [0, 0.05) is 47.9 Å². The van der Waals surface area contributed by atoms with Crippen molar-refractivity contribution in [3.8, 4) is 0 Å². The van der Waals surface area contributed by atoms with E-state index in [1.165, 1.54) is 22.0 Å². The van der Waals surface area contributed by atoms with Crippen molar-refractivity contribution in [1.82, 2.24) is 15.6 Å². The fourth-order valence-corrected chi connectivity index (χ4v) is 4.04. The van der Waals surface area contributed by atoms with Crippen LogP contribution in [0.15, 0.2) is 64.6 Å². The smallest absolute Gasteiger partial charge is 0.191 e. The summed E-state index contributed by atoms with van der Waals surface area (Å²) in [5, 5.41) is 7.84. The number of nitrogens with one attached hydrogen (secondary N) is 3. The summed E-state index contributed by atoms with van der Waals surface area (Å²) in [6, 6.07) is 15.9. The number of halogens is 1. The Morgan fingerprint density at radius 2 is 1.82 bits per heavy atom. The Hall–Kier alpha value is -1.87. The molecule has 0 saturated carbocycles. The van der Waals surface area contributed by atoms with Gasteiger partial charge in [-0.1, -0.05) is 36.4 Å². The number of aromatic nitrogens is 1. The molecule has 1 heterocycles. The number of aromatic amines is 1. The molecule has 1 atom stereocenters. The average Bonchev–Trinajstić information content (AvgIpc) is 3.12. The number of hydrogen-bond donors (Lipinski definition) is 3. The summed E-state index contributed by atoms with van der Waals surface area (Å²) < 4.78 is 12.2. The molecule has 0 aliphatic heterocycles. The predicted molar refractivity (Wildman–Crippen MR) is 129 cm³/mol. The van der Waals surface area contributed by atoms with Gasteiger partial charge >= 0.3 is 0 Å². The number of H-pyrrole nitrogens is 1. The first-order chi connectivity index (χ1) is 13.2. The number of benzene rings is 2. The number of rotatable bonds is 7. The minimum absolute atomic E-state index is 0. The van der Waals surface area contributed by atoms with E-state index in [0.717, 1.165) is 23.8 Å². The van der Waals surface area contributed by atoms with E-state index in [1.807, 2.05) is 30.3 Å². The van der Waals surface area contributed by atoms with E-state index < -0.39 is 10.8 Å². The lowest BCUT2D eigenvalue weighted by Gasteiger charge is -2.11. The van der Waals surface area contributed by atoms with Gasteiger partial charge in [-0.3, -0.25) is 9.20 Å². The Kier molecular flexibility index (Phi) is 8.98. The van der Waals surface area contributed by atoms with Crippen molar-refractivity contribution in [3.63, 3.8) is 0 Å². The minimum Gasteiger partial charge on any atom is -0.361 e. The van der Waals surface area contributed by atoms with Gasteiger partial charge in [0.2, 0.25) is 0 Å². The highest BCUT2D eigenvalue weighted by Gasteiger charge is 2.06. The summed E-state index contributed by atoms with van der Waals surface area (Å²) in [6.07, 6.45) is 2.98. The molecule has 7 heteroatoms. The van der Waals surface area contributed by atoms with Gasteiger partial charge < -0.3 is 15.6 Å². The van der Waals surface area contributed by atoms with Gasteiger partial charge in [0.1, 0.15) is 0 Å². The predicted octanol–water partition coefficient (Wildman–Crippen LogP) is 3.61. The molecule has 0 amide bonds. The van der Waals surface area contributed by atoms with E-state index in [-0.39, 0.29) is 24.0 Å². The summed E-state index contributed by atoms with van der Waals surface area (Å²) in [6.45, 7) is 3.50. The number of fused-ring (bicyclic) bond motifs is 1. The summed E-state index contributed by atoms with van der Waals surface area (Å²) >= 11 is 0. The van der Waals surface area contributed by atoms with Gasteiger partial charge in [0.05, 0.1) is 10.8 Å². The van der Waals surface area contributed by atoms with Gasteiger partial charge in [-0.15, -0.1) is 24.0 Å². The average molecular weight is 510 g/mol. The maximum absolute atomic E-state index is 12.2. The first kappa shape index (κ1) is 22.4. The number of guanidine groups is 1. The molecule has 0 radical (unpaired) electrons. The monoisotopic (exact) mass is 510 g/mol. The topological polar surface area (TPSA) is 69.3 Å². The van der Waals surface area contributed by atoms with E-state index in [9.17, 15) is 4.21 Å². The van der Waals surface area contributed by atoms with E-state index in [2.05, 4.69) is 51.9 Å². The molecule has 28 heavy (non-hydrogen) atoms. The zero-order chi connectivity index (χ0) is 19.1. The van der Waals surface area contributed by atoms with Gasteiger partial charge in [-0.05, 0) is 36.6 Å². The Morgan fingerprint density at radius 3 is 2.57 bits per heavy atom. The molecule has 0 aliphatic rings. The molecule has 0 spiro atoms. The second-order valence-corrected chi connectivity index (χ2v) is 7.92. The van der Waals surface area contributed by atoms with Crippen molar-refractivity contribution in [2.45, 2.75) is 18.2 Å². The fourth-order valence-electron chi connectivity index (χ4n) is 3.06. The highest BCUT2D eigenvalue weighted by Crippen LogP contribution is 2.21. The minimum atomic E-state index is -0.999. The van der Waals surface area contributed by atoms with Crippen LogP contribution >= 0.6 is 24.0 Å². The van der Waals surface area contributed by atoms with Crippen molar-refractivity contribution < 1.29 is 4.21 Å². The van der Waals surface area contributed by atoms with Crippen molar-refractivity contribution in [2.24, 2.45) is 4.99 Å². The maximum Gasteiger partial charge on any atom is 0.191 e. The van der Waals surface area contributed by atoms with Crippen molar-refractivity contribution >= 4 is 51.6 Å². The SMILES string of the molecule is CN=C(NCCc1c[nH]c2c(C)cccc12)NCCS(=O)c1ccccc1.I. The number of aryl methyl sites for hydroxylation is 1. The molecule has 1 aromatic heterocycles. The van der Waals surface area contributed by atoms with Crippen LogP contribution < -0.4 is 10.6 Å². The molecule has 5 nitrogen and oxygen atoms in total. The summed E-state index contributed by atoms with van der Waals surface area (Å²) in [4.78, 5) is 8.46. The van der Waals surface area contributed by atoms with Crippen LogP contribution in [0.1, 0.15) is 11.1 Å². The fraction of sp³-hybridized carbons (Fsp3) is 0.286. The largest absolute Gasteiger partial charge is 0.361 e. The van der Waals surface area contributed by atoms with Crippen molar-refractivity contribution in [2.75, 3.05) is 25.9 Å². The molecular formula is C21H27IN4OS.